The summed E-state index contributed by atoms with van der Waals surface area (Å²) in [5.74, 6) is 0.281. The Hall–Kier alpha value is -1.37. The first-order chi connectivity index (χ1) is 7.83. The van der Waals surface area contributed by atoms with E-state index in [0.717, 1.165) is 5.56 Å². The molecule has 0 amide bonds. The molecule has 17 heavy (non-hydrogen) atoms. The largest absolute Gasteiger partial charge is 0.390 e. The number of nitrogens with two attached hydrogens (primary N) is 1. The van der Waals surface area contributed by atoms with Gasteiger partial charge in [-0.05, 0) is 6.92 Å². The van der Waals surface area contributed by atoms with Crippen LogP contribution in [-0.4, -0.2) is 29.7 Å². The summed E-state index contributed by atoms with van der Waals surface area (Å²) in [5.41, 5.74) is 6.93. The van der Waals surface area contributed by atoms with Crippen molar-refractivity contribution in [3.05, 3.63) is 17.5 Å². The van der Waals surface area contributed by atoms with E-state index in [9.17, 15) is 13.2 Å². The average Bonchev–Trinajstić information content (AvgIpc) is 2.24. The summed E-state index contributed by atoms with van der Waals surface area (Å²) in [7, 11) is 1.53. The molecular formula is C10H15F3N4. The topological polar surface area (TPSA) is 55.0 Å². The number of hydrogen-bond donors (Lipinski definition) is 1. The first-order valence-electron chi connectivity index (χ1n) is 5.14. The summed E-state index contributed by atoms with van der Waals surface area (Å²) in [4.78, 5) is 9.47. The van der Waals surface area contributed by atoms with Gasteiger partial charge in [0.25, 0.3) is 0 Å². The molecule has 1 heterocycles. The zero-order valence-corrected chi connectivity index (χ0v) is 9.75. The van der Waals surface area contributed by atoms with Gasteiger partial charge in [-0.2, -0.15) is 13.2 Å². The highest BCUT2D eigenvalue weighted by Crippen LogP contribution is 2.20. The lowest BCUT2D eigenvalue weighted by Crippen LogP contribution is -2.26. The van der Waals surface area contributed by atoms with Crippen LogP contribution < -0.4 is 10.6 Å². The summed E-state index contributed by atoms with van der Waals surface area (Å²) in [5, 5.41) is 0. The lowest BCUT2D eigenvalue weighted by atomic mass is 10.2. The van der Waals surface area contributed by atoms with Gasteiger partial charge in [-0.15, -0.1) is 0 Å². The van der Waals surface area contributed by atoms with Crippen LogP contribution in [0, 0.1) is 6.92 Å². The summed E-state index contributed by atoms with van der Waals surface area (Å²) >= 11 is 0. The van der Waals surface area contributed by atoms with Crippen LogP contribution in [0.15, 0.2) is 6.20 Å². The zero-order valence-electron chi connectivity index (χ0n) is 9.75. The Bertz CT molecular complexity index is 378. The van der Waals surface area contributed by atoms with Crippen LogP contribution in [0.3, 0.4) is 0 Å². The Morgan fingerprint density at radius 1 is 1.41 bits per heavy atom. The number of halogens is 3. The van der Waals surface area contributed by atoms with Crippen LogP contribution in [0.4, 0.5) is 19.1 Å². The molecule has 0 aliphatic carbocycles. The number of nitrogens with zero attached hydrogens (tertiary/aromatic N) is 3. The minimum absolute atomic E-state index is 0.162. The highest BCUT2D eigenvalue weighted by atomic mass is 19.4. The maximum absolute atomic E-state index is 12.0. The highest BCUT2D eigenvalue weighted by Gasteiger charge is 2.27. The Balaban J connectivity index is 2.69. The normalized spacial score (nSPS) is 11.6. The van der Waals surface area contributed by atoms with E-state index in [4.69, 9.17) is 5.73 Å². The first-order valence-corrected chi connectivity index (χ1v) is 5.14. The quantitative estimate of drug-likeness (QED) is 0.880. The van der Waals surface area contributed by atoms with Crippen molar-refractivity contribution in [2.45, 2.75) is 26.1 Å². The minimum atomic E-state index is -4.17. The summed E-state index contributed by atoms with van der Waals surface area (Å²) in [6.07, 6.45) is -3.51. The van der Waals surface area contributed by atoms with Crippen LogP contribution >= 0.6 is 0 Å². The average molecular weight is 248 g/mol. The van der Waals surface area contributed by atoms with Crippen molar-refractivity contribution >= 4 is 5.95 Å². The monoisotopic (exact) mass is 248 g/mol. The molecule has 0 spiro atoms. The molecule has 0 unspecified atom stereocenters. The van der Waals surface area contributed by atoms with E-state index < -0.39 is 12.6 Å². The first kappa shape index (κ1) is 13.7. The molecule has 0 saturated carbocycles. The number of alkyl halides is 3. The Kier molecular flexibility index (Phi) is 4.28. The van der Waals surface area contributed by atoms with Gasteiger partial charge in [0.1, 0.15) is 0 Å². The van der Waals surface area contributed by atoms with E-state index in [0.29, 0.717) is 12.2 Å². The molecule has 1 rings (SSSR count). The van der Waals surface area contributed by atoms with E-state index in [1.165, 1.54) is 11.9 Å². The maximum atomic E-state index is 12.0. The fraction of sp³-hybridized carbons (Fsp3) is 0.600. The Morgan fingerprint density at radius 2 is 2.06 bits per heavy atom. The SMILES string of the molecule is Cc1nc(N(C)CCC(F)(F)F)ncc1CN. The molecule has 7 heteroatoms. The third kappa shape index (κ3) is 4.18. The van der Waals surface area contributed by atoms with E-state index >= 15 is 0 Å². The number of rotatable bonds is 4. The maximum Gasteiger partial charge on any atom is 0.390 e. The van der Waals surface area contributed by atoms with Gasteiger partial charge in [0, 0.05) is 37.6 Å². The minimum Gasteiger partial charge on any atom is -0.344 e. The molecular weight excluding hydrogens is 233 g/mol. The fourth-order valence-electron chi connectivity index (χ4n) is 1.26. The smallest absolute Gasteiger partial charge is 0.344 e. The molecule has 0 radical (unpaired) electrons. The Labute approximate surface area is 97.7 Å². The van der Waals surface area contributed by atoms with Crippen molar-refractivity contribution in [3.8, 4) is 0 Å². The van der Waals surface area contributed by atoms with E-state index in [1.54, 1.807) is 13.1 Å². The molecule has 0 aliphatic heterocycles. The van der Waals surface area contributed by atoms with Crippen molar-refractivity contribution < 1.29 is 13.2 Å². The standard InChI is InChI=1S/C10H15F3N4/c1-7-8(5-14)6-15-9(16-7)17(2)4-3-10(11,12)13/h6H,3-5,14H2,1-2H3. The van der Waals surface area contributed by atoms with Gasteiger partial charge < -0.3 is 10.6 Å². The molecule has 0 aromatic carbocycles. The summed E-state index contributed by atoms with van der Waals surface area (Å²) in [6, 6.07) is 0. The molecule has 0 fully saturated rings. The van der Waals surface area contributed by atoms with Gasteiger partial charge >= 0.3 is 6.18 Å². The fourth-order valence-corrected chi connectivity index (χ4v) is 1.26. The Morgan fingerprint density at radius 3 is 2.53 bits per heavy atom. The van der Waals surface area contributed by atoms with Crippen molar-refractivity contribution in [1.29, 1.82) is 0 Å². The van der Waals surface area contributed by atoms with Gasteiger partial charge in [0.05, 0.1) is 6.42 Å². The summed E-state index contributed by atoms with van der Waals surface area (Å²) in [6.45, 7) is 1.91. The van der Waals surface area contributed by atoms with Gasteiger partial charge in [-0.1, -0.05) is 0 Å². The molecule has 1 aromatic rings. The highest BCUT2D eigenvalue weighted by molar-refractivity contribution is 5.31. The van der Waals surface area contributed by atoms with Crippen LogP contribution in [0.1, 0.15) is 17.7 Å². The lowest BCUT2D eigenvalue weighted by Gasteiger charge is -2.18. The third-order valence-electron chi connectivity index (χ3n) is 2.36. The molecule has 0 aliphatic rings. The van der Waals surface area contributed by atoms with Gasteiger partial charge in [0.15, 0.2) is 0 Å². The number of hydrogen-bond acceptors (Lipinski definition) is 4. The molecule has 96 valence electrons. The zero-order chi connectivity index (χ0) is 13.1. The third-order valence-corrected chi connectivity index (χ3v) is 2.36. The van der Waals surface area contributed by atoms with Crippen LogP contribution in [0.5, 0.6) is 0 Å². The van der Waals surface area contributed by atoms with Crippen molar-refractivity contribution in [1.82, 2.24) is 9.97 Å². The number of aryl methyl sites for hydroxylation is 1. The van der Waals surface area contributed by atoms with E-state index in [2.05, 4.69) is 9.97 Å². The van der Waals surface area contributed by atoms with Crippen molar-refractivity contribution in [3.63, 3.8) is 0 Å². The second-order valence-electron chi connectivity index (χ2n) is 3.77. The van der Waals surface area contributed by atoms with Crippen LogP contribution in [0.2, 0.25) is 0 Å². The van der Waals surface area contributed by atoms with Crippen molar-refractivity contribution in [2.75, 3.05) is 18.5 Å². The summed E-state index contributed by atoms with van der Waals surface area (Å²) < 4.78 is 36.1. The van der Waals surface area contributed by atoms with E-state index in [1.807, 2.05) is 0 Å². The second kappa shape index (κ2) is 5.31. The van der Waals surface area contributed by atoms with Gasteiger partial charge in [-0.25, -0.2) is 9.97 Å². The second-order valence-corrected chi connectivity index (χ2v) is 3.77. The lowest BCUT2D eigenvalue weighted by molar-refractivity contribution is -0.132. The van der Waals surface area contributed by atoms with E-state index in [-0.39, 0.29) is 12.5 Å². The van der Waals surface area contributed by atoms with Crippen molar-refractivity contribution in [2.24, 2.45) is 5.73 Å². The predicted octanol–water partition coefficient (Wildman–Crippen LogP) is 1.63. The predicted molar refractivity (Wildman–Crippen MR) is 58.6 cm³/mol. The van der Waals surface area contributed by atoms with Crippen LogP contribution in [-0.2, 0) is 6.54 Å². The van der Waals surface area contributed by atoms with Gasteiger partial charge in [0.2, 0.25) is 5.95 Å². The molecule has 4 nitrogen and oxygen atoms in total. The molecule has 0 bridgehead atoms. The van der Waals surface area contributed by atoms with Crippen LogP contribution in [0.25, 0.3) is 0 Å². The number of anilines is 1. The number of aromatic nitrogens is 2. The molecule has 2 N–H and O–H groups in total. The molecule has 0 atom stereocenters. The van der Waals surface area contributed by atoms with Gasteiger partial charge in [-0.3, -0.25) is 0 Å². The molecule has 1 aromatic heterocycles. The molecule has 0 saturated heterocycles.